The highest BCUT2D eigenvalue weighted by Gasteiger charge is 2.12. The van der Waals surface area contributed by atoms with E-state index in [1.165, 1.54) is 0 Å². The Bertz CT molecular complexity index is 868. The number of anilines is 2. The number of amides is 2. The summed E-state index contributed by atoms with van der Waals surface area (Å²) in [6.45, 7) is 7.32. The maximum absolute atomic E-state index is 12.0. The summed E-state index contributed by atoms with van der Waals surface area (Å²) >= 11 is 0. The lowest BCUT2D eigenvalue weighted by Gasteiger charge is -2.11. The van der Waals surface area contributed by atoms with Crippen LogP contribution in [0.15, 0.2) is 36.4 Å². The van der Waals surface area contributed by atoms with E-state index in [2.05, 4.69) is 10.6 Å². The van der Waals surface area contributed by atoms with Gasteiger partial charge in [0.2, 0.25) is 5.91 Å². The fourth-order valence-electron chi connectivity index (χ4n) is 2.59. The summed E-state index contributed by atoms with van der Waals surface area (Å²) < 4.78 is 4.96. The average Bonchev–Trinajstić information content (AvgIpc) is 2.65. The number of ether oxygens (including phenoxy) is 1. The lowest BCUT2D eigenvalue weighted by Crippen LogP contribution is -2.22. The van der Waals surface area contributed by atoms with Gasteiger partial charge >= 0.3 is 5.97 Å². The molecule has 148 valence electrons. The first-order valence-electron chi connectivity index (χ1n) is 9.15. The molecule has 0 aromatic heterocycles. The Kier molecular flexibility index (Phi) is 7.32. The zero-order valence-corrected chi connectivity index (χ0v) is 16.7. The largest absolute Gasteiger partial charge is 0.456 e. The van der Waals surface area contributed by atoms with Crippen LogP contribution < -0.4 is 10.6 Å². The van der Waals surface area contributed by atoms with E-state index >= 15 is 0 Å². The molecule has 6 nitrogen and oxygen atoms in total. The molecule has 0 unspecified atom stereocenters. The lowest BCUT2D eigenvalue weighted by molar-refractivity contribution is -0.147. The molecule has 0 fully saturated rings. The Morgan fingerprint density at radius 3 is 2.29 bits per heavy atom. The molecular weight excluding hydrogens is 356 g/mol. The minimum Gasteiger partial charge on any atom is -0.456 e. The van der Waals surface area contributed by atoms with Crippen LogP contribution in [0.5, 0.6) is 0 Å². The molecule has 0 aliphatic carbocycles. The molecule has 2 N–H and O–H groups in total. The van der Waals surface area contributed by atoms with Gasteiger partial charge in [-0.15, -0.1) is 0 Å². The quantitative estimate of drug-likeness (QED) is 0.713. The van der Waals surface area contributed by atoms with Gasteiger partial charge in [-0.1, -0.05) is 24.3 Å². The van der Waals surface area contributed by atoms with E-state index in [1.54, 1.807) is 6.07 Å². The van der Waals surface area contributed by atoms with Gasteiger partial charge in [-0.05, 0) is 62.1 Å². The Morgan fingerprint density at radius 1 is 0.821 bits per heavy atom. The van der Waals surface area contributed by atoms with Crippen molar-refractivity contribution in [3.8, 4) is 0 Å². The standard InChI is InChI=1S/C22H26N2O4/c1-14-8-9-16(3)19(12-14)24-20(25)10-11-22(27)28-13-21(26)23-18-7-5-6-15(2)17(18)4/h5-9,12H,10-11,13H2,1-4H3,(H,23,26)(H,24,25). The molecule has 0 saturated heterocycles. The SMILES string of the molecule is Cc1ccc(C)c(NC(=O)CCC(=O)OCC(=O)Nc2cccc(C)c2C)c1. The lowest BCUT2D eigenvalue weighted by atomic mass is 10.1. The number of aryl methyl sites for hydroxylation is 3. The zero-order valence-electron chi connectivity index (χ0n) is 16.7. The van der Waals surface area contributed by atoms with E-state index in [9.17, 15) is 14.4 Å². The molecule has 0 radical (unpaired) electrons. The van der Waals surface area contributed by atoms with Crippen molar-refractivity contribution in [3.63, 3.8) is 0 Å². The average molecular weight is 382 g/mol. The molecule has 0 bridgehead atoms. The van der Waals surface area contributed by atoms with Crippen LogP contribution in [0.3, 0.4) is 0 Å². The summed E-state index contributed by atoms with van der Waals surface area (Å²) in [5.41, 5.74) is 5.43. The summed E-state index contributed by atoms with van der Waals surface area (Å²) in [5, 5.41) is 5.51. The fraction of sp³-hybridized carbons (Fsp3) is 0.318. The van der Waals surface area contributed by atoms with Crippen molar-refractivity contribution in [2.75, 3.05) is 17.2 Å². The third-order valence-electron chi connectivity index (χ3n) is 4.47. The Balaban J connectivity index is 1.74. The van der Waals surface area contributed by atoms with Crippen LogP contribution in [-0.2, 0) is 19.1 Å². The predicted molar refractivity (Wildman–Crippen MR) is 109 cm³/mol. The second-order valence-electron chi connectivity index (χ2n) is 6.82. The predicted octanol–water partition coefficient (Wildman–Crippen LogP) is 3.82. The van der Waals surface area contributed by atoms with E-state index < -0.39 is 11.9 Å². The third-order valence-corrected chi connectivity index (χ3v) is 4.47. The maximum Gasteiger partial charge on any atom is 0.306 e. The number of carbonyl (C=O) groups is 3. The molecule has 28 heavy (non-hydrogen) atoms. The van der Waals surface area contributed by atoms with Crippen LogP contribution in [-0.4, -0.2) is 24.4 Å². The molecule has 6 heteroatoms. The maximum atomic E-state index is 12.0. The van der Waals surface area contributed by atoms with Crippen molar-refractivity contribution < 1.29 is 19.1 Å². The molecule has 0 spiro atoms. The van der Waals surface area contributed by atoms with Crippen molar-refractivity contribution in [2.24, 2.45) is 0 Å². The number of nitrogens with one attached hydrogen (secondary N) is 2. The second-order valence-corrected chi connectivity index (χ2v) is 6.82. The van der Waals surface area contributed by atoms with Crippen molar-refractivity contribution in [3.05, 3.63) is 58.7 Å². The van der Waals surface area contributed by atoms with Crippen molar-refractivity contribution in [1.82, 2.24) is 0 Å². The number of esters is 1. The van der Waals surface area contributed by atoms with Gasteiger partial charge in [0.15, 0.2) is 6.61 Å². The number of hydrogen-bond donors (Lipinski definition) is 2. The van der Waals surface area contributed by atoms with Crippen molar-refractivity contribution in [1.29, 1.82) is 0 Å². The smallest absolute Gasteiger partial charge is 0.306 e. The molecule has 2 aromatic carbocycles. The van der Waals surface area contributed by atoms with Gasteiger partial charge < -0.3 is 15.4 Å². The topological polar surface area (TPSA) is 84.5 Å². The number of rotatable bonds is 7. The first kappa shape index (κ1) is 21.2. The highest BCUT2D eigenvalue weighted by atomic mass is 16.5. The highest BCUT2D eigenvalue weighted by molar-refractivity contribution is 5.95. The molecule has 2 aromatic rings. The monoisotopic (exact) mass is 382 g/mol. The summed E-state index contributed by atoms with van der Waals surface area (Å²) in [4.78, 5) is 35.8. The molecule has 2 rings (SSSR count). The molecule has 2 amide bonds. The van der Waals surface area contributed by atoms with E-state index in [0.717, 1.165) is 27.9 Å². The number of hydrogen-bond acceptors (Lipinski definition) is 4. The molecule has 0 aliphatic heterocycles. The Hall–Kier alpha value is -3.15. The number of carbonyl (C=O) groups excluding carboxylic acids is 3. The molecule has 0 atom stereocenters. The third kappa shape index (κ3) is 6.23. The zero-order chi connectivity index (χ0) is 20.7. The van der Waals surface area contributed by atoms with Gasteiger partial charge in [0, 0.05) is 17.8 Å². The van der Waals surface area contributed by atoms with Gasteiger partial charge in [0.05, 0.1) is 6.42 Å². The van der Waals surface area contributed by atoms with Gasteiger partial charge in [-0.2, -0.15) is 0 Å². The molecular formula is C22H26N2O4. The van der Waals surface area contributed by atoms with E-state index in [4.69, 9.17) is 4.74 Å². The first-order valence-corrected chi connectivity index (χ1v) is 9.15. The van der Waals surface area contributed by atoms with Crippen LogP contribution in [0.1, 0.15) is 35.1 Å². The van der Waals surface area contributed by atoms with Gasteiger partial charge in [-0.3, -0.25) is 14.4 Å². The van der Waals surface area contributed by atoms with Gasteiger partial charge in [0.25, 0.3) is 5.91 Å². The minimum absolute atomic E-state index is 0.00910. The van der Waals surface area contributed by atoms with Gasteiger partial charge in [-0.25, -0.2) is 0 Å². The minimum atomic E-state index is -0.591. The highest BCUT2D eigenvalue weighted by Crippen LogP contribution is 2.18. The van der Waals surface area contributed by atoms with E-state index in [-0.39, 0.29) is 25.4 Å². The summed E-state index contributed by atoms with van der Waals surface area (Å²) in [5.74, 6) is -1.28. The fourth-order valence-corrected chi connectivity index (χ4v) is 2.59. The molecule has 0 heterocycles. The first-order chi connectivity index (χ1) is 13.3. The molecule has 0 saturated carbocycles. The van der Waals surface area contributed by atoms with Crippen LogP contribution in [0.4, 0.5) is 11.4 Å². The van der Waals surface area contributed by atoms with Crippen molar-refractivity contribution in [2.45, 2.75) is 40.5 Å². The number of benzene rings is 2. The Morgan fingerprint density at radius 2 is 1.54 bits per heavy atom. The summed E-state index contributed by atoms with van der Waals surface area (Å²) in [6.07, 6.45) is -0.0989. The normalized spacial score (nSPS) is 10.3. The second kappa shape index (κ2) is 9.69. The van der Waals surface area contributed by atoms with Crippen molar-refractivity contribution >= 4 is 29.2 Å². The Labute approximate surface area is 165 Å². The van der Waals surface area contributed by atoms with Crippen LogP contribution in [0, 0.1) is 27.7 Å². The van der Waals surface area contributed by atoms with Crippen LogP contribution in [0.2, 0.25) is 0 Å². The van der Waals surface area contributed by atoms with E-state index in [0.29, 0.717) is 5.69 Å². The van der Waals surface area contributed by atoms with E-state index in [1.807, 2.05) is 58.0 Å². The molecule has 0 aliphatic rings. The van der Waals surface area contributed by atoms with Crippen LogP contribution >= 0.6 is 0 Å². The van der Waals surface area contributed by atoms with Gasteiger partial charge in [0.1, 0.15) is 0 Å². The summed E-state index contributed by atoms with van der Waals surface area (Å²) in [6, 6.07) is 11.4. The summed E-state index contributed by atoms with van der Waals surface area (Å²) in [7, 11) is 0. The van der Waals surface area contributed by atoms with Crippen LogP contribution in [0.25, 0.3) is 0 Å².